The third-order valence-electron chi connectivity index (χ3n) is 4.30. The summed E-state index contributed by atoms with van der Waals surface area (Å²) >= 11 is 6.24. The topological polar surface area (TPSA) is 37.4 Å². The number of allylic oxidation sites excluding steroid dienone is 1. The van der Waals surface area contributed by atoms with Crippen LogP contribution in [-0.4, -0.2) is 29.7 Å². The van der Waals surface area contributed by atoms with Crippen LogP contribution in [0.15, 0.2) is 36.5 Å². The van der Waals surface area contributed by atoms with E-state index in [1.807, 2.05) is 0 Å². The molecule has 2 rings (SSSR count). The van der Waals surface area contributed by atoms with Crippen LogP contribution in [0.5, 0.6) is 0 Å². The first-order chi connectivity index (χ1) is 11.2. The molecule has 24 heavy (non-hydrogen) atoms. The maximum absolute atomic E-state index is 12.7. The number of benzene rings is 1. The van der Waals surface area contributed by atoms with Gasteiger partial charge in [-0.1, -0.05) is 29.8 Å². The van der Waals surface area contributed by atoms with Gasteiger partial charge in [0.15, 0.2) is 5.78 Å². The number of likely N-dealkylation sites (N-methyl/N-ethyl adjacent to an activating group) is 1. The molecular weight excluding hydrogens is 343 g/mol. The first-order valence-corrected chi connectivity index (χ1v) is 7.88. The highest BCUT2D eigenvalue weighted by atomic mass is 35.5. The SMILES string of the molecule is CN(/C=C/C(=O)C(F)(F)F)[C@@]1(c2ccccc2Cl)CCCCC1=O. The van der Waals surface area contributed by atoms with Gasteiger partial charge >= 0.3 is 6.18 Å². The monoisotopic (exact) mass is 359 g/mol. The van der Waals surface area contributed by atoms with Crippen molar-refractivity contribution < 1.29 is 22.8 Å². The predicted molar refractivity (Wildman–Crippen MR) is 84.6 cm³/mol. The Balaban J connectivity index is 2.44. The Kier molecular flexibility index (Phi) is 5.38. The zero-order chi connectivity index (χ0) is 18.0. The molecule has 3 nitrogen and oxygen atoms in total. The molecular formula is C17H17ClF3NO2. The summed E-state index contributed by atoms with van der Waals surface area (Å²) in [6.45, 7) is 0. The normalized spacial score (nSPS) is 22.0. The molecule has 1 aliphatic rings. The molecule has 0 N–H and O–H groups in total. The molecule has 1 saturated carbocycles. The second kappa shape index (κ2) is 6.97. The van der Waals surface area contributed by atoms with Gasteiger partial charge in [-0.15, -0.1) is 0 Å². The van der Waals surface area contributed by atoms with E-state index in [1.165, 1.54) is 11.9 Å². The zero-order valence-electron chi connectivity index (χ0n) is 13.1. The lowest BCUT2D eigenvalue weighted by molar-refractivity contribution is -0.165. The number of Topliss-reactive ketones (excluding diaryl/α,β-unsaturated/α-hetero) is 1. The molecule has 0 unspecified atom stereocenters. The lowest BCUT2D eigenvalue weighted by atomic mass is 9.74. The highest BCUT2D eigenvalue weighted by Crippen LogP contribution is 2.42. The number of hydrogen-bond donors (Lipinski definition) is 0. The molecule has 1 atom stereocenters. The molecule has 7 heteroatoms. The van der Waals surface area contributed by atoms with Gasteiger partial charge in [0.25, 0.3) is 5.78 Å². The lowest BCUT2D eigenvalue weighted by Gasteiger charge is -2.43. The number of ketones is 2. The number of rotatable bonds is 4. The summed E-state index contributed by atoms with van der Waals surface area (Å²) in [5.74, 6) is -2.08. The summed E-state index contributed by atoms with van der Waals surface area (Å²) in [4.78, 5) is 25.2. The van der Waals surface area contributed by atoms with Crippen LogP contribution in [-0.2, 0) is 15.1 Å². The third-order valence-corrected chi connectivity index (χ3v) is 4.63. The molecule has 0 aromatic heterocycles. The van der Waals surface area contributed by atoms with Crippen LogP contribution in [0.2, 0.25) is 5.02 Å². The van der Waals surface area contributed by atoms with Gasteiger partial charge in [0.1, 0.15) is 5.54 Å². The van der Waals surface area contributed by atoms with E-state index in [1.54, 1.807) is 24.3 Å². The van der Waals surface area contributed by atoms with Crippen molar-refractivity contribution in [2.45, 2.75) is 37.4 Å². The maximum Gasteiger partial charge on any atom is 0.454 e. The average Bonchev–Trinajstić information content (AvgIpc) is 2.52. The van der Waals surface area contributed by atoms with Crippen LogP contribution >= 0.6 is 11.6 Å². The van der Waals surface area contributed by atoms with Gasteiger partial charge in [-0.3, -0.25) is 9.59 Å². The van der Waals surface area contributed by atoms with Gasteiger partial charge in [-0.25, -0.2) is 0 Å². The maximum atomic E-state index is 12.7. The minimum atomic E-state index is -4.94. The van der Waals surface area contributed by atoms with Crippen molar-refractivity contribution in [3.8, 4) is 0 Å². The Morgan fingerprint density at radius 2 is 1.96 bits per heavy atom. The van der Waals surface area contributed by atoms with E-state index in [4.69, 9.17) is 11.6 Å². The predicted octanol–water partition coefficient (Wildman–Crippen LogP) is 4.26. The van der Waals surface area contributed by atoms with Gasteiger partial charge in [-0.05, 0) is 25.3 Å². The van der Waals surface area contributed by atoms with E-state index in [-0.39, 0.29) is 5.78 Å². The fraction of sp³-hybridized carbons (Fsp3) is 0.412. The number of carbonyl (C=O) groups is 2. The van der Waals surface area contributed by atoms with Crippen LogP contribution in [0.3, 0.4) is 0 Å². The van der Waals surface area contributed by atoms with Crippen molar-refractivity contribution in [3.63, 3.8) is 0 Å². The largest absolute Gasteiger partial charge is 0.454 e. The number of halogens is 4. The van der Waals surface area contributed by atoms with E-state index in [0.717, 1.165) is 19.0 Å². The Labute approximate surface area is 143 Å². The summed E-state index contributed by atoms with van der Waals surface area (Å²) in [6.07, 6.45) is -1.27. The van der Waals surface area contributed by atoms with Gasteiger partial charge in [0.05, 0.1) is 0 Å². The summed E-state index contributed by atoms with van der Waals surface area (Å²) in [5.41, 5.74) is -0.609. The molecule has 1 fully saturated rings. The summed E-state index contributed by atoms with van der Waals surface area (Å²) in [5, 5.41) is 0.371. The molecule has 0 aliphatic heterocycles. The third kappa shape index (κ3) is 3.48. The first-order valence-electron chi connectivity index (χ1n) is 7.50. The summed E-state index contributed by atoms with van der Waals surface area (Å²) in [7, 11) is 1.49. The van der Waals surface area contributed by atoms with Crippen molar-refractivity contribution in [2.75, 3.05) is 7.05 Å². The fourth-order valence-electron chi connectivity index (χ4n) is 3.06. The molecule has 1 aliphatic carbocycles. The van der Waals surface area contributed by atoms with Gasteiger partial charge < -0.3 is 4.90 Å². The number of alkyl halides is 3. The van der Waals surface area contributed by atoms with E-state index >= 15 is 0 Å². The van der Waals surface area contributed by atoms with E-state index in [2.05, 4.69) is 0 Å². The molecule has 1 aromatic rings. The van der Waals surface area contributed by atoms with Crippen molar-refractivity contribution >= 4 is 23.2 Å². The Bertz CT molecular complexity index is 672. The Hall–Kier alpha value is -1.82. The molecule has 0 heterocycles. The minimum absolute atomic E-state index is 0.117. The zero-order valence-corrected chi connectivity index (χ0v) is 13.8. The highest BCUT2D eigenvalue weighted by Gasteiger charge is 2.45. The molecule has 0 radical (unpaired) electrons. The Morgan fingerprint density at radius 3 is 2.54 bits per heavy atom. The Morgan fingerprint density at radius 1 is 1.29 bits per heavy atom. The smallest absolute Gasteiger partial charge is 0.364 e. The van der Waals surface area contributed by atoms with Crippen molar-refractivity contribution in [1.82, 2.24) is 4.90 Å². The standard InChI is InChI=1S/C17H17ClF3NO2/c1-22(11-9-15(24)17(19,20)21)16(10-5-4-8-14(16)23)12-6-2-3-7-13(12)18/h2-3,6-7,9,11H,4-5,8,10H2,1H3/b11-9+/t16-/m1/s1. The lowest BCUT2D eigenvalue weighted by Crippen LogP contribution is -2.49. The number of carbonyl (C=O) groups excluding carboxylic acids is 2. The minimum Gasteiger partial charge on any atom is -0.364 e. The fourth-order valence-corrected chi connectivity index (χ4v) is 3.35. The van der Waals surface area contributed by atoms with Crippen LogP contribution in [0, 0.1) is 0 Å². The van der Waals surface area contributed by atoms with Gasteiger partial charge in [-0.2, -0.15) is 13.2 Å². The molecule has 0 bridgehead atoms. The van der Waals surface area contributed by atoms with Crippen molar-refractivity contribution in [1.29, 1.82) is 0 Å². The molecule has 0 saturated heterocycles. The van der Waals surface area contributed by atoms with E-state index in [9.17, 15) is 22.8 Å². The van der Waals surface area contributed by atoms with Gasteiger partial charge in [0.2, 0.25) is 0 Å². The second-order valence-corrected chi connectivity index (χ2v) is 6.17. The van der Waals surface area contributed by atoms with E-state index in [0.29, 0.717) is 29.5 Å². The average molecular weight is 360 g/mol. The quantitative estimate of drug-likeness (QED) is 0.754. The second-order valence-electron chi connectivity index (χ2n) is 5.76. The van der Waals surface area contributed by atoms with Crippen molar-refractivity contribution in [2.24, 2.45) is 0 Å². The van der Waals surface area contributed by atoms with Crippen LogP contribution in [0.1, 0.15) is 31.2 Å². The highest BCUT2D eigenvalue weighted by molar-refractivity contribution is 6.31. The molecule has 0 spiro atoms. The molecule has 1 aromatic carbocycles. The number of nitrogens with zero attached hydrogens (tertiary/aromatic N) is 1. The first kappa shape index (κ1) is 18.5. The van der Waals surface area contributed by atoms with Crippen LogP contribution < -0.4 is 0 Å². The van der Waals surface area contributed by atoms with Gasteiger partial charge in [0, 0.05) is 36.3 Å². The van der Waals surface area contributed by atoms with Crippen LogP contribution in [0.4, 0.5) is 13.2 Å². The summed E-state index contributed by atoms with van der Waals surface area (Å²) < 4.78 is 37.2. The van der Waals surface area contributed by atoms with Crippen LogP contribution in [0.25, 0.3) is 0 Å². The van der Waals surface area contributed by atoms with Crippen molar-refractivity contribution in [3.05, 3.63) is 47.1 Å². The van der Waals surface area contributed by atoms with E-state index < -0.39 is 17.5 Å². The number of hydrogen-bond acceptors (Lipinski definition) is 3. The molecule has 0 amide bonds. The molecule has 130 valence electrons. The summed E-state index contributed by atoms with van der Waals surface area (Å²) in [6, 6.07) is 6.78.